The second kappa shape index (κ2) is 8.89. The molecule has 8 heteroatoms. The van der Waals surface area contributed by atoms with E-state index in [1.165, 1.54) is 6.20 Å². The molecule has 1 fully saturated rings. The average molecular weight is 438 g/mol. The van der Waals surface area contributed by atoms with Crippen LogP contribution < -0.4 is 5.32 Å². The van der Waals surface area contributed by atoms with Gasteiger partial charge in [-0.2, -0.15) is 5.10 Å². The van der Waals surface area contributed by atoms with Crippen LogP contribution in [0.2, 0.25) is 5.02 Å². The highest BCUT2D eigenvalue weighted by Crippen LogP contribution is 2.25. The zero-order valence-corrected chi connectivity index (χ0v) is 18.3. The number of pyridine rings is 1. The van der Waals surface area contributed by atoms with Gasteiger partial charge in [0.1, 0.15) is 0 Å². The molecular formula is C23H24ClN5O2. The number of carbonyl (C=O) groups is 2. The third-order valence-corrected chi connectivity index (χ3v) is 5.58. The Kier molecular flexibility index (Phi) is 6.04. The smallest absolute Gasteiger partial charge is 0.257 e. The Hall–Kier alpha value is -3.19. The molecule has 1 saturated heterocycles. The molecule has 4 rings (SSSR count). The zero-order chi connectivity index (χ0) is 22.0. The van der Waals surface area contributed by atoms with Crippen LogP contribution in [0.3, 0.4) is 0 Å². The van der Waals surface area contributed by atoms with Gasteiger partial charge in [0.2, 0.25) is 0 Å². The van der Waals surface area contributed by atoms with Crippen LogP contribution in [0, 0.1) is 13.8 Å². The van der Waals surface area contributed by atoms with E-state index in [0.29, 0.717) is 27.7 Å². The van der Waals surface area contributed by atoms with E-state index in [1.807, 2.05) is 24.8 Å². The van der Waals surface area contributed by atoms with Crippen LogP contribution in [0.4, 0.5) is 5.69 Å². The van der Waals surface area contributed by atoms with Crippen LogP contribution in [-0.2, 0) is 0 Å². The van der Waals surface area contributed by atoms with E-state index in [1.54, 1.807) is 35.0 Å². The van der Waals surface area contributed by atoms with Gasteiger partial charge in [-0.05, 0) is 69.5 Å². The first-order chi connectivity index (χ1) is 14.9. The van der Waals surface area contributed by atoms with E-state index >= 15 is 0 Å². The van der Waals surface area contributed by atoms with Crippen molar-refractivity contribution in [1.29, 1.82) is 0 Å². The fourth-order valence-corrected chi connectivity index (χ4v) is 3.95. The van der Waals surface area contributed by atoms with Crippen molar-refractivity contribution in [2.45, 2.75) is 33.1 Å². The van der Waals surface area contributed by atoms with Crippen LogP contribution in [0.5, 0.6) is 0 Å². The number of hydrogen-bond donors (Lipinski definition) is 1. The largest absolute Gasteiger partial charge is 0.339 e. The number of benzene rings is 1. The highest BCUT2D eigenvalue weighted by molar-refractivity contribution is 6.31. The van der Waals surface area contributed by atoms with Crippen LogP contribution in [0.15, 0.2) is 42.6 Å². The number of aryl methyl sites for hydroxylation is 2. The summed E-state index contributed by atoms with van der Waals surface area (Å²) in [5.41, 5.74) is 3.07. The Bertz CT molecular complexity index is 1120. The maximum Gasteiger partial charge on any atom is 0.257 e. The van der Waals surface area contributed by atoms with E-state index in [0.717, 1.165) is 43.7 Å². The van der Waals surface area contributed by atoms with E-state index < -0.39 is 0 Å². The minimum absolute atomic E-state index is 0.0929. The van der Waals surface area contributed by atoms with Crippen molar-refractivity contribution in [3.05, 3.63) is 70.1 Å². The van der Waals surface area contributed by atoms with Crippen LogP contribution >= 0.6 is 11.6 Å². The molecule has 3 aromatic rings. The monoisotopic (exact) mass is 437 g/mol. The number of piperidine rings is 1. The maximum atomic E-state index is 13.0. The molecule has 0 atom stereocenters. The first kappa shape index (κ1) is 21.1. The van der Waals surface area contributed by atoms with Gasteiger partial charge in [0.15, 0.2) is 5.82 Å². The lowest BCUT2D eigenvalue weighted by Gasteiger charge is -2.27. The fourth-order valence-electron chi connectivity index (χ4n) is 3.77. The lowest BCUT2D eigenvalue weighted by Crippen LogP contribution is -2.36. The molecule has 0 saturated carbocycles. The van der Waals surface area contributed by atoms with Gasteiger partial charge < -0.3 is 10.2 Å². The quantitative estimate of drug-likeness (QED) is 0.655. The Labute approximate surface area is 186 Å². The second-order valence-corrected chi connectivity index (χ2v) is 8.18. The number of nitrogens with one attached hydrogen (secondary N) is 1. The number of halogens is 1. The first-order valence-electron chi connectivity index (χ1n) is 10.3. The maximum absolute atomic E-state index is 13.0. The molecule has 1 aliphatic heterocycles. The number of nitrogens with zero attached hydrogens (tertiary/aromatic N) is 4. The molecule has 2 aromatic heterocycles. The van der Waals surface area contributed by atoms with Crippen LogP contribution in [-0.4, -0.2) is 44.6 Å². The number of likely N-dealkylation sites (tertiary alicyclic amines) is 1. The van der Waals surface area contributed by atoms with Gasteiger partial charge >= 0.3 is 0 Å². The summed E-state index contributed by atoms with van der Waals surface area (Å²) in [5.74, 6) is 0.179. The Balaban J connectivity index is 1.55. The van der Waals surface area contributed by atoms with Gasteiger partial charge in [-0.25, -0.2) is 9.67 Å². The van der Waals surface area contributed by atoms with E-state index in [4.69, 9.17) is 11.6 Å². The summed E-state index contributed by atoms with van der Waals surface area (Å²) < 4.78 is 1.73. The average Bonchev–Trinajstić information content (AvgIpc) is 3.12. The summed E-state index contributed by atoms with van der Waals surface area (Å²) >= 11 is 6.14. The Morgan fingerprint density at radius 1 is 1.03 bits per heavy atom. The molecule has 0 radical (unpaired) electrons. The molecule has 0 bridgehead atoms. The van der Waals surface area contributed by atoms with E-state index in [9.17, 15) is 9.59 Å². The van der Waals surface area contributed by atoms with E-state index in [2.05, 4.69) is 15.4 Å². The fraction of sp³-hybridized carbons (Fsp3) is 0.304. The van der Waals surface area contributed by atoms with E-state index in [-0.39, 0.29) is 11.8 Å². The molecule has 2 amide bonds. The Morgan fingerprint density at radius 3 is 2.45 bits per heavy atom. The summed E-state index contributed by atoms with van der Waals surface area (Å²) in [5, 5.41) is 7.68. The molecule has 160 valence electrons. The van der Waals surface area contributed by atoms with Crippen molar-refractivity contribution in [1.82, 2.24) is 19.7 Å². The molecule has 0 spiro atoms. The molecule has 1 aliphatic rings. The highest BCUT2D eigenvalue weighted by atomic mass is 35.5. The van der Waals surface area contributed by atoms with Crippen molar-refractivity contribution in [3.63, 3.8) is 0 Å². The molecular weight excluding hydrogens is 414 g/mol. The third kappa shape index (κ3) is 4.61. The van der Waals surface area contributed by atoms with Crippen molar-refractivity contribution in [2.75, 3.05) is 18.4 Å². The summed E-state index contributed by atoms with van der Waals surface area (Å²) in [6, 6.07) is 10.3. The SMILES string of the molecule is Cc1cc(C)n(-c2ccc(C(=O)Nc3cc(Cl)ccc3C(=O)N3CCCCC3)cn2)n1. The molecule has 1 aromatic carbocycles. The lowest BCUT2D eigenvalue weighted by molar-refractivity contribution is 0.0725. The number of aromatic nitrogens is 3. The van der Waals surface area contributed by atoms with Gasteiger partial charge in [-0.1, -0.05) is 11.6 Å². The standard InChI is InChI=1S/C23H24ClN5O2/c1-15-12-16(2)29(27-15)21-9-6-17(14-25-21)22(30)26-20-13-18(24)7-8-19(20)23(31)28-10-4-3-5-11-28/h6-9,12-14H,3-5,10-11H2,1-2H3,(H,26,30). The van der Waals surface area contributed by atoms with Gasteiger partial charge in [-0.3, -0.25) is 9.59 Å². The third-order valence-electron chi connectivity index (χ3n) is 5.34. The second-order valence-electron chi connectivity index (χ2n) is 7.74. The summed E-state index contributed by atoms with van der Waals surface area (Å²) in [7, 11) is 0. The van der Waals surface area contributed by atoms with Crippen molar-refractivity contribution in [3.8, 4) is 5.82 Å². The molecule has 7 nitrogen and oxygen atoms in total. The highest BCUT2D eigenvalue weighted by Gasteiger charge is 2.22. The molecule has 0 unspecified atom stereocenters. The number of rotatable bonds is 4. The molecule has 1 N–H and O–H groups in total. The Morgan fingerprint density at radius 2 is 1.81 bits per heavy atom. The van der Waals surface area contributed by atoms with Crippen molar-refractivity contribution in [2.24, 2.45) is 0 Å². The van der Waals surface area contributed by atoms with Gasteiger partial charge in [-0.15, -0.1) is 0 Å². The minimum Gasteiger partial charge on any atom is -0.339 e. The van der Waals surface area contributed by atoms with Gasteiger partial charge in [0.25, 0.3) is 11.8 Å². The first-order valence-corrected chi connectivity index (χ1v) is 10.7. The number of amides is 2. The summed E-state index contributed by atoms with van der Waals surface area (Å²) in [6.07, 6.45) is 4.62. The van der Waals surface area contributed by atoms with Gasteiger partial charge in [0, 0.05) is 30.0 Å². The normalized spacial score (nSPS) is 13.8. The number of anilines is 1. The summed E-state index contributed by atoms with van der Waals surface area (Å²) in [4.78, 5) is 32.0. The predicted octanol–water partition coefficient (Wildman–Crippen LogP) is 4.42. The minimum atomic E-state index is -0.359. The topological polar surface area (TPSA) is 80.1 Å². The van der Waals surface area contributed by atoms with Crippen LogP contribution in [0.1, 0.15) is 51.4 Å². The molecule has 0 aliphatic carbocycles. The number of carbonyl (C=O) groups excluding carboxylic acids is 2. The lowest BCUT2D eigenvalue weighted by atomic mass is 10.1. The zero-order valence-electron chi connectivity index (χ0n) is 17.6. The summed E-state index contributed by atoms with van der Waals surface area (Å²) in [6.45, 7) is 5.32. The van der Waals surface area contributed by atoms with Crippen LogP contribution in [0.25, 0.3) is 5.82 Å². The molecule has 31 heavy (non-hydrogen) atoms. The van der Waals surface area contributed by atoms with Gasteiger partial charge in [0.05, 0.1) is 22.5 Å². The molecule has 3 heterocycles. The van der Waals surface area contributed by atoms with Crippen molar-refractivity contribution < 1.29 is 9.59 Å². The van der Waals surface area contributed by atoms with Crippen molar-refractivity contribution >= 4 is 29.1 Å². The predicted molar refractivity (Wildman–Crippen MR) is 120 cm³/mol. The number of hydrogen-bond acceptors (Lipinski definition) is 4.